The van der Waals surface area contributed by atoms with Crippen LogP contribution in [0, 0.1) is 11.8 Å². The number of allylic oxidation sites excluding steroid dienone is 2. The minimum absolute atomic E-state index is 0. The Morgan fingerprint density at radius 1 is 0.301 bits per heavy atom. The van der Waals surface area contributed by atoms with Crippen LogP contribution in [0.25, 0.3) is 0 Å². The van der Waals surface area contributed by atoms with Crippen LogP contribution in [0.2, 0.25) is 0 Å². The maximum Gasteiger partial charge on any atom is 2.00 e. The van der Waals surface area contributed by atoms with Crippen molar-refractivity contribution < 1.29 is 34.3 Å². The molecule has 8 nitrogen and oxygen atoms in total. The van der Waals surface area contributed by atoms with Gasteiger partial charge in [0.05, 0.1) is 13.2 Å². The van der Waals surface area contributed by atoms with Crippen molar-refractivity contribution >= 4 is 58.5 Å². The summed E-state index contributed by atoms with van der Waals surface area (Å²) in [4.78, 5) is 0. The summed E-state index contributed by atoms with van der Waals surface area (Å²) in [7, 11) is -9.23. The van der Waals surface area contributed by atoms with Crippen molar-refractivity contribution in [2.45, 2.75) is 349 Å². The summed E-state index contributed by atoms with van der Waals surface area (Å²) in [6.45, 7) is 9.01. The maximum atomic E-state index is 10.9. The first kappa shape index (κ1) is 77.7. The first-order valence-corrected chi connectivity index (χ1v) is 34.2. The minimum Gasteiger partial charge on any atom is -0.726 e. The molecular formula is C62H122CaO8S2. The summed E-state index contributed by atoms with van der Waals surface area (Å²) in [6, 6.07) is 0. The van der Waals surface area contributed by atoms with Gasteiger partial charge in [0.15, 0.2) is 0 Å². The molecule has 0 amide bonds. The Balaban J connectivity index is -0.00000132. The Bertz CT molecular complexity index is 1230. The van der Waals surface area contributed by atoms with E-state index in [2.05, 4.69) is 60.4 Å². The van der Waals surface area contributed by atoms with Gasteiger partial charge in [-0.3, -0.25) is 8.37 Å². The molecule has 73 heavy (non-hydrogen) atoms. The predicted molar refractivity (Wildman–Crippen MR) is 316 cm³/mol. The topological polar surface area (TPSA) is 133 Å². The summed E-state index contributed by atoms with van der Waals surface area (Å²) in [5.74, 6) is 0.0366. The van der Waals surface area contributed by atoms with Gasteiger partial charge in [-0.25, -0.2) is 16.8 Å². The summed E-state index contributed by atoms with van der Waals surface area (Å²) in [5.41, 5.74) is 0. The largest absolute Gasteiger partial charge is 2.00 e. The van der Waals surface area contributed by atoms with Crippen molar-refractivity contribution in [3.63, 3.8) is 0 Å². The Hall–Kier alpha value is 0.480. The molecule has 0 aliphatic rings. The zero-order valence-electron chi connectivity index (χ0n) is 49.0. The van der Waals surface area contributed by atoms with E-state index in [1.165, 1.54) is 283 Å². The molecule has 0 aliphatic carbocycles. The standard InChI is InChI=1S/2C31H62O4S.Ca/c2*1-3-5-7-9-11-13-15-16-17-18-19-21-23-25-27-29-31(30-35-36(32,33)34)28-26-24-22-20-14-12-10-8-6-4-2;/h2*27,29,31H,3-26,28,30H2,1-2H3,(H,32,33,34);/q;;+2/p-2/b2*29-27+;. The first-order chi connectivity index (χ1) is 35.0. The Morgan fingerprint density at radius 2 is 0.479 bits per heavy atom. The van der Waals surface area contributed by atoms with Gasteiger partial charge >= 0.3 is 37.7 Å². The Labute approximate surface area is 487 Å². The van der Waals surface area contributed by atoms with Crippen molar-refractivity contribution in [2.75, 3.05) is 13.2 Å². The summed E-state index contributed by atoms with van der Waals surface area (Å²) in [6.07, 6.45) is 73.2. The Morgan fingerprint density at radius 3 is 0.671 bits per heavy atom. The van der Waals surface area contributed by atoms with Gasteiger partial charge in [0, 0.05) is 11.8 Å². The molecule has 0 bridgehead atoms. The number of hydrogen-bond acceptors (Lipinski definition) is 8. The molecule has 0 fully saturated rings. The molecule has 2 atom stereocenters. The second-order valence-corrected chi connectivity index (χ2v) is 23.9. The molecule has 432 valence electrons. The average Bonchev–Trinajstić information content (AvgIpc) is 3.35. The van der Waals surface area contributed by atoms with Crippen molar-refractivity contribution in [3.05, 3.63) is 24.3 Å². The zero-order chi connectivity index (χ0) is 53.2. The van der Waals surface area contributed by atoms with Gasteiger partial charge < -0.3 is 9.11 Å². The van der Waals surface area contributed by atoms with Gasteiger partial charge in [-0.05, 0) is 38.5 Å². The molecule has 0 heterocycles. The summed E-state index contributed by atoms with van der Waals surface area (Å²) in [5, 5.41) is 0. The summed E-state index contributed by atoms with van der Waals surface area (Å²) >= 11 is 0. The second-order valence-electron chi connectivity index (χ2n) is 21.8. The molecule has 0 saturated heterocycles. The van der Waals surface area contributed by atoms with Crippen LogP contribution in [-0.4, -0.2) is 76.9 Å². The molecule has 0 aromatic heterocycles. The molecule has 0 aromatic carbocycles. The van der Waals surface area contributed by atoms with Crippen LogP contribution in [-0.2, 0) is 29.2 Å². The van der Waals surface area contributed by atoms with Crippen LogP contribution in [0.15, 0.2) is 24.3 Å². The second kappa shape index (κ2) is 63.3. The van der Waals surface area contributed by atoms with Gasteiger partial charge in [-0.2, -0.15) is 0 Å². The minimum atomic E-state index is -4.62. The predicted octanol–water partition coefficient (Wildman–Crippen LogP) is 20.5. The van der Waals surface area contributed by atoms with Crippen LogP contribution < -0.4 is 0 Å². The van der Waals surface area contributed by atoms with Crippen molar-refractivity contribution in [2.24, 2.45) is 11.8 Å². The molecule has 0 aromatic rings. The van der Waals surface area contributed by atoms with Gasteiger partial charge in [0.2, 0.25) is 20.8 Å². The van der Waals surface area contributed by atoms with Gasteiger partial charge in [0.1, 0.15) is 0 Å². The zero-order valence-corrected chi connectivity index (χ0v) is 52.9. The fraction of sp³-hybridized carbons (Fsp3) is 0.935. The Kier molecular flexibility index (Phi) is 67.4. The normalized spacial score (nSPS) is 12.9. The molecule has 0 radical (unpaired) electrons. The quantitative estimate of drug-likeness (QED) is 0.0193. The third-order valence-corrected chi connectivity index (χ3v) is 15.3. The monoisotopic (exact) mass is 1100 g/mol. The fourth-order valence-electron chi connectivity index (χ4n) is 9.74. The molecular weight excluding hydrogens is 977 g/mol. The van der Waals surface area contributed by atoms with Crippen LogP contribution >= 0.6 is 0 Å². The number of hydrogen-bond donors (Lipinski definition) is 0. The van der Waals surface area contributed by atoms with Crippen LogP contribution in [0.3, 0.4) is 0 Å². The van der Waals surface area contributed by atoms with Crippen molar-refractivity contribution in [3.8, 4) is 0 Å². The van der Waals surface area contributed by atoms with E-state index in [4.69, 9.17) is 0 Å². The molecule has 2 unspecified atom stereocenters. The van der Waals surface area contributed by atoms with Gasteiger partial charge in [0.25, 0.3) is 0 Å². The van der Waals surface area contributed by atoms with Crippen LogP contribution in [0.4, 0.5) is 0 Å². The van der Waals surface area contributed by atoms with Gasteiger partial charge in [-0.15, -0.1) is 0 Å². The fourth-order valence-corrected chi connectivity index (χ4v) is 10.4. The summed E-state index contributed by atoms with van der Waals surface area (Å²) < 4.78 is 74.5. The molecule has 0 saturated carbocycles. The third-order valence-electron chi connectivity index (χ3n) is 14.5. The number of unbranched alkanes of at least 4 members (excludes halogenated alkanes) is 44. The molecule has 0 rings (SSSR count). The van der Waals surface area contributed by atoms with E-state index in [0.717, 1.165) is 38.5 Å². The molecule has 0 N–H and O–H groups in total. The maximum absolute atomic E-state index is 10.9. The van der Waals surface area contributed by atoms with E-state index in [1.807, 2.05) is 0 Å². The van der Waals surface area contributed by atoms with E-state index in [9.17, 15) is 25.9 Å². The van der Waals surface area contributed by atoms with E-state index >= 15 is 0 Å². The number of rotatable bonds is 58. The average molecular weight is 1100 g/mol. The smallest absolute Gasteiger partial charge is 0.726 e. The van der Waals surface area contributed by atoms with E-state index in [1.54, 1.807) is 0 Å². The third kappa shape index (κ3) is 72.5. The SMILES string of the molecule is CCCCCCCCCCCCCCC/C=C/C(CCCCCCCCCCCC)COS(=O)(=O)[O-].CCCCCCCCCCCCCCC/C=C/C(CCCCCCCCCCCC)COS(=O)(=O)[O-].[Ca+2]. The van der Waals surface area contributed by atoms with Crippen LogP contribution in [0.1, 0.15) is 349 Å². The van der Waals surface area contributed by atoms with Crippen LogP contribution in [0.5, 0.6) is 0 Å². The molecule has 0 aliphatic heterocycles. The van der Waals surface area contributed by atoms with E-state index in [0.29, 0.717) is 0 Å². The molecule has 11 heteroatoms. The first-order valence-electron chi connectivity index (χ1n) is 31.5. The van der Waals surface area contributed by atoms with Crippen molar-refractivity contribution in [1.29, 1.82) is 0 Å². The van der Waals surface area contributed by atoms with Gasteiger partial charge in [-0.1, -0.05) is 335 Å². The van der Waals surface area contributed by atoms with Crippen molar-refractivity contribution in [1.82, 2.24) is 0 Å². The van der Waals surface area contributed by atoms with E-state index < -0.39 is 20.8 Å². The molecule has 0 spiro atoms. The van der Waals surface area contributed by atoms with E-state index in [-0.39, 0.29) is 62.8 Å².